The first-order valence-corrected chi connectivity index (χ1v) is 7.63. The molecule has 0 amide bonds. The molecule has 0 heterocycles. The van der Waals surface area contributed by atoms with Gasteiger partial charge in [0.1, 0.15) is 5.75 Å². The Morgan fingerprint density at radius 1 is 1.05 bits per heavy atom. The zero-order valence-electron chi connectivity index (χ0n) is 12.5. The fourth-order valence-electron chi connectivity index (χ4n) is 2.32. The molecule has 0 bridgehead atoms. The minimum absolute atomic E-state index is 0.427. The molecule has 1 aromatic carbocycles. The molecule has 0 radical (unpaired) electrons. The summed E-state index contributed by atoms with van der Waals surface area (Å²) < 4.78 is 0. The average molecular weight is 260 g/mol. The molecule has 0 unspecified atom stereocenters. The lowest BCUT2D eigenvalue weighted by atomic mass is 10.00. The van der Waals surface area contributed by atoms with Gasteiger partial charge >= 0.3 is 0 Å². The maximum absolute atomic E-state index is 9.86. The van der Waals surface area contributed by atoms with Gasteiger partial charge in [-0.3, -0.25) is 0 Å². The third-order valence-corrected chi connectivity index (χ3v) is 3.62. The van der Waals surface area contributed by atoms with E-state index in [4.69, 9.17) is 0 Å². The standard InChI is InChI=1S/C18H28O/c1-4-5-6-7-8-9-10-11-17-14-16(15(2)3)12-13-18(17)19/h12-14,19H,2,4-11H2,1,3H3. The molecule has 106 valence electrons. The molecule has 0 saturated heterocycles. The highest BCUT2D eigenvalue weighted by molar-refractivity contribution is 5.63. The molecule has 1 rings (SSSR count). The van der Waals surface area contributed by atoms with Gasteiger partial charge in [-0.2, -0.15) is 0 Å². The van der Waals surface area contributed by atoms with E-state index in [0.29, 0.717) is 5.75 Å². The van der Waals surface area contributed by atoms with Gasteiger partial charge in [0.15, 0.2) is 0 Å². The first-order valence-electron chi connectivity index (χ1n) is 7.63. The molecule has 0 aromatic heterocycles. The van der Waals surface area contributed by atoms with Crippen molar-refractivity contribution in [2.24, 2.45) is 0 Å². The van der Waals surface area contributed by atoms with E-state index in [1.165, 1.54) is 44.9 Å². The third-order valence-electron chi connectivity index (χ3n) is 3.62. The van der Waals surface area contributed by atoms with Crippen LogP contribution in [0.1, 0.15) is 69.9 Å². The molecule has 0 spiro atoms. The van der Waals surface area contributed by atoms with Crippen LogP contribution < -0.4 is 0 Å². The van der Waals surface area contributed by atoms with Crippen molar-refractivity contribution < 1.29 is 5.11 Å². The van der Waals surface area contributed by atoms with E-state index >= 15 is 0 Å². The van der Waals surface area contributed by atoms with Gasteiger partial charge in [-0.05, 0) is 43.0 Å². The second-order valence-corrected chi connectivity index (χ2v) is 5.50. The second-order valence-electron chi connectivity index (χ2n) is 5.50. The summed E-state index contributed by atoms with van der Waals surface area (Å²) in [6, 6.07) is 5.81. The van der Waals surface area contributed by atoms with Crippen molar-refractivity contribution in [1.82, 2.24) is 0 Å². The van der Waals surface area contributed by atoms with Crippen LogP contribution in [0.25, 0.3) is 5.57 Å². The highest BCUT2D eigenvalue weighted by Crippen LogP contribution is 2.24. The number of hydrogen-bond donors (Lipinski definition) is 1. The zero-order chi connectivity index (χ0) is 14.1. The van der Waals surface area contributed by atoms with Crippen molar-refractivity contribution in [3.8, 4) is 5.75 Å². The molecule has 19 heavy (non-hydrogen) atoms. The Bertz CT molecular complexity index is 393. The molecule has 1 aromatic rings. The van der Waals surface area contributed by atoms with E-state index in [-0.39, 0.29) is 0 Å². The summed E-state index contributed by atoms with van der Waals surface area (Å²) in [5.74, 6) is 0.427. The van der Waals surface area contributed by atoms with Gasteiger partial charge in [-0.15, -0.1) is 0 Å². The number of phenolic OH excluding ortho intramolecular Hbond substituents is 1. The van der Waals surface area contributed by atoms with Crippen LogP contribution >= 0.6 is 0 Å². The van der Waals surface area contributed by atoms with E-state index in [9.17, 15) is 5.11 Å². The summed E-state index contributed by atoms with van der Waals surface area (Å²) >= 11 is 0. The summed E-state index contributed by atoms with van der Waals surface area (Å²) in [7, 11) is 0. The van der Waals surface area contributed by atoms with Gasteiger partial charge in [0.25, 0.3) is 0 Å². The van der Waals surface area contributed by atoms with E-state index < -0.39 is 0 Å². The lowest BCUT2D eigenvalue weighted by Crippen LogP contribution is -1.90. The lowest BCUT2D eigenvalue weighted by molar-refractivity contribution is 0.466. The minimum atomic E-state index is 0.427. The normalized spacial score (nSPS) is 10.6. The maximum atomic E-state index is 9.86. The molecule has 0 aliphatic rings. The molecular weight excluding hydrogens is 232 g/mol. The largest absolute Gasteiger partial charge is 0.508 e. The zero-order valence-corrected chi connectivity index (χ0v) is 12.5. The summed E-state index contributed by atoms with van der Waals surface area (Å²) in [5.41, 5.74) is 3.26. The summed E-state index contributed by atoms with van der Waals surface area (Å²) in [6.45, 7) is 8.20. The topological polar surface area (TPSA) is 20.2 Å². The van der Waals surface area contributed by atoms with Gasteiger partial charge in [-0.25, -0.2) is 0 Å². The first kappa shape index (κ1) is 15.8. The number of rotatable bonds is 9. The van der Waals surface area contributed by atoms with Crippen molar-refractivity contribution >= 4 is 5.57 Å². The van der Waals surface area contributed by atoms with Crippen molar-refractivity contribution in [2.75, 3.05) is 0 Å². The maximum Gasteiger partial charge on any atom is 0.118 e. The fraction of sp³-hybridized carbons (Fsp3) is 0.556. The van der Waals surface area contributed by atoms with Crippen molar-refractivity contribution in [2.45, 2.75) is 65.2 Å². The predicted octanol–water partition coefficient (Wildman–Crippen LogP) is 5.72. The quantitative estimate of drug-likeness (QED) is 0.563. The minimum Gasteiger partial charge on any atom is -0.508 e. The second kappa shape index (κ2) is 8.79. The Kier molecular flexibility index (Phi) is 7.32. The van der Waals surface area contributed by atoms with Gasteiger partial charge in [0.2, 0.25) is 0 Å². The van der Waals surface area contributed by atoms with Crippen LogP contribution in [0.15, 0.2) is 24.8 Å². The van der Waals surface area contributed by atoms with Crippen molar-refractivity contribution in [1.29, 1.82) is 0 Å². The Morgan fingerprint density at radius 2 is 1.68 bits per heavy atom. The SMILES string of the molecule is C=C(C)c1ccc(O)c(CCCCCCCCC)c1. The van der Waals surface area contributed by atoms with Crippen molar-refractivity contribution in [3.63, 3.8) is 0 Å². The molecule has 0 fully saturated rings. The molecule has 0 aliphatic carbocycles. The van der Waals surface area contributed by atoms with Crippen LogP contribution in [0.5, 0.6) is 5.75 Å². The molecule has 0 saturated carbocycles. The van der Waals surface area contributed by atoms with E-state index in [0.717, 1.165) is 23.1 Å². The highest BCUT2D eigenvalue weighted by Gasteiger charge is 2.03. The van der Waals surface area contributed by atoms with E-state index in [2.05, 4.69) is 19.6 Å². The van der Waals surface area contributed by atoms with Crippen LogP contribution in [-0.4, -0.2) is 5.11 Å². The van der Waals surface area contributed by atoms with Gasteiger partial charge in [0.05, 0.1) is 0 Å². The van der Waals surface area contributed by atoms with Crippen LogP contribution in [0.2, 0.25) is 0 Å². The molecule has 1 N–H and O–H groups in total. The number of benzene rings is 1. The predicted molar refractivity (Wildman–Crippen MR) is 84.5 cm³/mol. The van der Waals surface area contributed by atoms with E-state index in [1.54, 1.807) is 6.07 Å². The van der Waals surface area contributed by atoms with Gasteiger partial charge in [-0.1, -0.05) is 63.7 Å². The number of aryl methyl sites for hydroxylation is 1. The van der Waals surface area contributed by atoms with Crippen molar-refractivity contribution in [3.05, 3.63) is 35.9 Å². The smallest absolute Gasteiger partial charge is 0.118 e. The number of unbranched alkanes of at least 4 members (excludes halogenated alkanes) is 6. The molecule has 1 nitrogen and oxygen atoms in total. The number of hydrogen-bond acceptors (Lipinski definition) is 1. The number of aromatic hydroxyl groups is 1. The van der Waals surface area contributed by atoms with Crippen LogP contribution in [0.3, 0.4) is 0 Å². The van der Waals surface area contributed by atoms with Crippen LogP contribution in [-0.2, 0) is 6.42 Å². The Morgan fingerprint density at radius 3 is 2.32 bits per heavy atom. The lowest BCUT2D eigenvalue weighted by Gasteiger charge is -2.08. The first-order chi connectivity index (χ1) is 9.15. The molecule has 0 atom stereocenters. The van der Waals surface area contributed by atoms with Gasteiger partial charge in [0, 0.05) is 0 Å². The van der Waals surface area contributed by atoms with Crippen LogP contribution in [0.4, 0.5) is 0 Å². The Balaban J connectivity index is 2.32. The average Bonchev–Trinajstić information content (AvgIpc) is 2.39. The summed E-state index contributed by atoms with van der Waals surface area (Å²) in [6.07, 6.45) is 10.1. The Hall–Kier alpha value is -1.24. The van der Waals surface area contributed by atoms with Crippen LogP contribution in [0, 0.1) is 0 Å². The van der Waals surface area contributed by atoms with Gasteiger partial charge < -0.3 is 5.11 Å². The summed E-state index contributed by atoms with van der Waals surface area (Å²) in [5, 5.41) is 9.86. The number of allylic oxidation sites excluding steroid dienone is 1. The number of phenols is 1. The molecule has 0 aliphatic heterocycles. The highest BCUT2D eigenvalue weighted by atomic mass is 16.3. The summed E-state index contributed by atoms with van der Waals surface area (Å²) in [4.78, 5) is 0. The Labute approximate surface area is 118 Å². The molecular formula is C18H28O. The monoisotopic (exact) mass is 260 g/mol. The fourth-order valence-corrected chi connectivity index (χ4v) is 2.32. The van der Waals surface area contributed by atoms with E-state index in [1.807, 2.05) is 13.0 Å². The molecule has 1 heteroatoms. The third kappa shape index (κ3) is 5.96.